The van der Waals surface area contributed by atoms with Gasteiger partial charge in [-0.15, -0.1) is 0 Å². The number of hydrogen-bond acceptors (Lipinski definition) is 4. The summed E-state index contributed by atoms with van der Waals surface area (Å²) in [5.74, 6) is 1.42. The Morgan fingerprint density at radius 1 is 1.47 bits per heavy atom. The van der Waals surface area contributed by atoms with Crippen LogP contribution in [0.2, 0.25) is 0 Å². The Labute approximate surface area is 115 Å². The molecule has 4 heteroatoms. The van der Waals surface area contributed by atoms with Crippen molar-refractivity contribution in [2.75, 3.05) is 38.7 Å². The van der Waals surface area contributed by atoms with Crippen molar-refractivity contribution in [3.05, 3.63) is 23.8 Å². The van der Waals surface area contributed by atoms with Gasteiger partial charge in [0.05, 0.1) is 26.0 Å². The molecule has 1 aromatic carbocycles. The first-order valence-electron chi connectivity index (χ1n) is 6.93. The number of nitrogens with one attached hydrogen (secondary N) is 2. The second-order valence-corrected chi connectivity index (χ2v) is 5.22. The highest BCUT2D eigenvalue weighted by Crippen LogP contribution is 2.28. The molecule has 1 fully saturated rings. The zero-order chi connectivity index (χ0) is 13.7. The Morgan fingerprint density at radius 2 is 2.32 bits per heavy atom. The maximum Gasteiger partial charge on any atom is 0.142 e. The number of hydrogen-bond donors (Lipinski definition) is 2. The molecule has 4 nitrogen and oxygen atoms in total. The average Bonchev–Trinajstić information content (AvgIpc) is 2.45. The minimum atomic E-state index is 0.364. The smallest absolute Gasteiger partial charge is 0.142 e. The van der Waals surface area contributed by atoms with E-state index in [1.165, 1.54) is 5.56 Å². The molecule has 0 aromatic heterocycles. The summed E-state index contributed by atoms with van der Waals surface area (Å²) in [6.07, 6.45) is 0. The quantitative estimate of drug-likeness (QED) is 0.856. The molecule has 1 heterocycles. The van der Waals surface area contributed by atoms with E-state index in [2.05, 4.69) is 42.7 Å². The van der Waals surface area contributed by atoms with Crippen LogP contribution in [0, 0.1) is 0 Å². The molecular formula is C15H24N2O2. The standard InChI is InChI=1S/C15H24N2O2/c1-11(2)12-4-5-14(15(8-12)18-3)17-9-13-10-19-7-6-16-13/h4-5,8,11,13,16-17H,6-7,9-10H2,1-3H3. The molecular weight excluding hydrogens is 240 g/mol. The normalized spacial score (nSPS) is 19.5. The highest BCUT2D eigenvalue weighted by Gasteiger charge is 2.13. The number of methoxy groups -OCH3 is 1. The van der Waals surface area contributed by atoms with Crippen molar-refractivity contribution in [2.24, 2.45) is 0 Å². The van der Waals surface area contributed by atoms with E-state index >= 15 is 0 Å². The van der Waals surface area contributed by atoms with Crippen LogP contribution in [0.3, 0.4) is 0 Å². The molecule has 1 saturated heterocycles. The van der Waals surface area contributed by atoms with Gasteiger partial charge in [0.25, 0.3) is 0 Å². The topological polar surface area (TPSA) is 42.5 Å². The Balaban J connectivity index is 1.98. The van der Waals surface area contributed by atoms with Gasteiger partial charge in [0.15, 0.2) is 0 Å². The van der Waals surface area contributed by atoms with Crippen LogP contribution < -0.4 is 15.4 Å². The predicted molar refractivity (Wildman–Crippen MR) is 78.2 cm³/mol. The summed E-state index contributed by atoms with van der Waals surface area (Å²) in [7, 11) is 1.71. The van der Waals surface area contributed by atoms with E-state index in [4.69, 9.17) is 9.47 Å². The lowest BCUT2D eigenvalue weighted by atomic mass is 10.0. The molecule has 1 aliphatic heterocycles. The lowest BCUT2D eigenvalue weighted by Gasteiger charge is -2.25. The third-order valence-corrected chi connectivity index (χ3v) is 3.43. The molecule has 0 spiro atoms. The molecule has 0 bridgehead atoms. The summed E-state index contributed by atoms with van der Waals surface area (Å²) < 4.78 is 10.9. The molecule has 1 atom stereocenters. The number of ether oxygens (including phenoxy) is 2. The van der Waals surface area contributed by atoms with Crippen LogP contribution >= 0.6 is 0 Å². The van der Waals surface area contributed by atoms with Crippen LogP contribution in [0.15, 0.2) is 18.2 Å². The number of morpholine rings is 1. The molecule has 0 aliphatic carbocycles. The number of benzene rings is 1. The van der Waals surface area contributed by atoms with Crippen molar-refractivity contribution in [3.63, 3.8) is 0 Å². The van der Waals surface area contributed by atoms with Gasteiger partial charge < -0.3 is 20.1 Å². The van der Waals surface area contributed by atoms with Gasteiger partial charge in [-0.1, -0.05) is 19.9 Å². The van der Waals surface area contributed by atoms with Crippen molar-refractivity contribution in [3.8, 4) is 5.75 Å². The first kappa shape index (κ1) is 14.2. The molecule has 19 heavy (non-hydrogen) atoms. The fraction of sp³-hybridized carbons (Fsp3) is 0.600. The highest BCUT2D eigenvalue weighted by atomic mass is 16.5. The number of rotatable bonds is 5. The molecule has 0 amide bonds. The SMILES string of the molecule is COc1cc(C(C)C)ccc1NCC1COCCN1. The van der Waals surface area contributed by atoms with Crippen LogP contribution in [-0.2, 0) is 4.74 Å². The summed E-state index contributed by atoms with van der Waals surface area (Å²) >= 11 is 0. The van der Waals surface area contributed by atoms with Gasteiger partial charge in [-0.05, 0) is 23.6 Å². The van der Waals surface area contributed by atoms with Gasteiger partial charge >= 0.3 is 0 Å². The van der Waals surface area contributed by atoms with E-state index in [0.717, 1.165) is 37.7 Å². The lowest BCUT2D eigenvalue weighted by Crippen LogP contribution is -2.45. The van der Waals surface area contributed by atoms with E-state index < -0.39 is 0 Å². The van der Waals surface area contributed by atoms with Gasteiger partial charge in [0.2, 0.25) is 0 Å². The summed E-state index contributed by atoms with van der Waals surface area (Å²) in [6, 6.07) is 6.72. The molecule has 0 radical (unpaired) electrons. The first-order chi connectivity index (χ1) is 9.20. The molecule has 0 saturated carbocycles. The maximum absolute atomic E-state index is 5.46. The fourth-order valence-electron chi connectivity index (χ4n) is 2.20. The zero-order valence-corrected chi connectivity index (χ0v) is 12.0. The van der Waals surface area contributed by atoms with Crippen molar-refractivity contribution in [1.29, 1.82) is 0 Å². The molecule has 1 unspecified atom stereocenters. The van der Waals surface area contributed by atoms with Gasteiger partial charge in [-0.25, -0.2) is 0 Å². The molecule has 106 valence electrons. The molecule has 2 N–H and O–H groups in total. The van der Waals surface area contributed by atoms with Crippen molar-refractivity contribution >= 4 is 5.69 Å². The van der Waals surface area contributed by atoms with Crippen LogP contribution in [-0.4, -0.2) is 39.5 Å². The van der Waals surface area contributed by atoms with E-state index in [0.29, 0.717) is 12.0 Å². The Kier molecular flexibility index (Phi) is 5.05. The predicted octanol–water partition coefficient (Wildman–Crippen LogP) is 2.22. The first-order valence-corrected chi connectivity index (χ1v) is 6.93. The van der Waals surface area contributed by atoms with Crippen molar-refractivity contribution in [1.82, 2.24) is 5.32 Å². The van der Waals surface area contributed by atoms with Crippen LogP contribution in [0.25, 0.3) is 0 Å². The second kappa shape index (κ2) is 6.78. The second-order valence-electron chi connectivity index (χ2n) is 5.22. The van der Waals surface area contributed by atoms with E-state index in [-0.39, 0.29) is 0 Å². The van der Waals surface area contributed by atoms with E-state index in [1.807, 2.05) is 0 Å². The van der Waals surface area contributed by atoms with Crippen LogP contribution in [0.4, 0.5) is 5.69 Å². The van der Waals surface area contributed by atoms with Gasteiger partial charge in [-0.3, -0.25) is 0 Å². The summed E-state index contributed by atoms with van der Waals surface area (Å²) in [6.45, 7) is 7.71. The third kappa shape index (κ3) is 3.85. The number of anilines is 1. The zero-order valence-electron chi connectivity index (χ0n) is 12.0. The summed E-state index contributed by atoms with van der Waals surface area (Å²) in [5.41, 5.74) is 2.33. The summed E-state index contributed by atoms with van der Waals surface area (Å²) in [4.78, 5) is 0. The Bertz CT molecular complexity index is 401. The van der Waals surface area contributed by atoms with Crippen LogP contribution in [0.1, 0.15) is 25.3 Å². The van der Waals surface area contributed by atoms with E-state index in [9.17, 15) is 0 Å². The third-order valence-electron chi connectivity index (χ3n) is 3.43. The van der Waals surface area contributed by atoms with Crippen molar-refractivity contribution in [2.45, 2.75) is 25.8 Å². The van der Waals surface area contributed by atoms with Gasteiger partial charge in [-0.2, -0.15) is 0 Å². The molecule has 2 rings (SSSR count). The van der Waals surface area contributed by atoms with E-state index in [1.54, 1.807) is 7.11 Å². The molecule has 1 aromatic rings. The maximum atomic E-state index is 5.46. The van der Waals surface area contributed by atoms with Gasteiger partial charge in [0.1, 0.15) is 5.75 Å². The largest absolute Gasteiger partial charge is 0.495 e. The minimum Gasteiger partial charge on any atom is -0.495 e. The van der Waals surface area contributed by atoms with Crippen LogP contribution in [0.5, 0.6) is 5.75 Å². The highest BCUT2D eigenvalue weighted by molar-refractivity contribution is 5.58. The molecule has 1 aliphatic rings. The lowest BCUT2D eigenvalue weighted by molar-refractivity contribution is 0.0806. The average molecular weight is 264 g/mol. The Hall–Kier alpha value is -1.26. The fourth-order valence-corrected chi connectivity index (χ4v) is 2.20. The van der Waals surface area contributed by atoms with Crippen molar-refractivity contribution < 1.29 is 9.47 Å². The minimum absolute atomic E-state index is 0.364. The monoisotopic (exact) mass is 264 g/mol. The summed E-state index contributed by atoms with van der Waals surface area (Å²) in [5, 5.41) is 6.86. The van der Waals surface area contributed by atoms with Gasteiger partial charge in [0, 0.05) is 19.1 Å². The Morgan fingerprint density at radius 3 is 2.95 bits per heavy atom.